The molecular weight excluding hydrogens is 528 g/mol. The summed E-state index contributed by atoms with van der Waals surface area (Å²) in [5.41, 5.74) is 7.14. The van der Waals surface area contributed by atoms with Gasteiger partial charge < -0.3 is 4.40 Å². The van der Waals surface area contributed by atoms with Crippen molar-refractivity contribution in [2.24, 2.45) is 0 Å². The number of hydrogen-bond acceptors (Lipinski definition) is 4. The summed E-state index contributed by atoms with van der Waals surface area (Å²) in [7, 11) is -3.51. The maximum atomic E-state index is 13.2. The minimum absolute atomic E-state index is 0.349. The third-order valence-corrected chi connectivity index (χ3v) is 9.47. The Morgan fingerprint density at radius 2 is 1.44 bits per heavy atom. The number of benzene rings is 3. The van der Waals surface area contributed by atoms with Gasteiger partial charge >= 0.3 is 0 Å². The molecule has 6 rings (SSSR count). The average Bonchev–Trinajstić information content (AvgIpc) is 3.32. The number of rotatable bonds is 6. The number of halogens is 1. The molecule has 1 fully saturated rings. The van der Waals surface area contributed by atoms with Crippen LogP contribution in [0.5, 0.6) is 0 Å². The predicted octanol–water partition coefficient (Wildman–Crippen LogP) is 6.14. The van der Waals surface area contributed by atoms with Gasteiger partial charge in [0, 0.05) is 49.5 Å². The SMILES string of the molecule is Cc1ccc(S(=O)(=O)N2CCN(Cc3c(-c4ccc(Cl)cc4)nc4ccc(-c5ccccc5)cn34)CC2)cc1. The molecule has 2 aromatic heterocycles. The summed E-state index contributed by atoms with van der Waals surface area (Å²) < 4.78 is 30.2. The number of sulfonamides is 1. The Labute approximate surface area is 234 Å². The first-order chi connectivity index (χ1) is 18.9. The molecule has 8 heteroatoms. The minimum atomic E-state index is -3.51. The van der Waals surface area contributed by atoms with Gasteiger partial charge in [0.05, 0.1) is 16.3 Å². The van der Waals surface area contributed by atoms with E-state index in [2.05, 4.69) is 39.8 Å². The Morgan fingerprint density at radius 3 is 2.13 bits per heavy atom. The van der Waals surface area contributed by atoms with E-state index in [1.165, 1.54) is 0 Å². The lowest BCUT2D eigenvalue weighted by molar-refractivity contribution is 0.180. The number of nitrogens with zero attached hydrogens (tertiary/aromatic N) is 4. The summed E-state index contributed by atoms with van der Waals surface area (Å²) in [6.45, 7) is 4.76. The average molecular weight is 557 g/mol. The van der Waals surface area contributed by atoms with E-state index in [4.69, 9.17) is 16.6 Å². The molecule has 0 spiro atoms. The van der Waals surface area contributed by atoms with Gasteiger partial charge in [0.2, 0.25) is 10.0 Å². The zero-order valence-corrected chi connectivity index (χ0v) is 23.2. The third-order valence-electron chi connectivity index (χ3n) is 7.31. The van der Waals surface area contributed by atoms with Gasteiger partial charge in [-0.1, -0.05) is 71.8 Å². The molecule has 1 aliphatic rings. The second-order valence-electron chi connectivity index (χ2n) is 9.92. The van der Waals surface area contributed by atoms with Gasteiger partial charge in [-0.3, -0.25) is 4.90 Å². The normalized spacial score (nSPS) is 15.1. The molecule has 3 aromatic carbocycles. The lowest BCUT2D eigenvalue weighted by Gasteiger charge is -2.34. The lowest BCUT2D eigenvalue weighted by atomic mass is 10.1. The molecule has 5 aromatic rings. The van der Waals surface area contributed by atoms with Crippen LogP contribution in [-0.4, -0.2) is 53.2 Å². The number of fused-ring (bicyclic) bond motifs is 1. The molecule has 0 bridgehead atoms. The summed E-state index contributed by atoms with van der Waals surface area (Å²) >= 11 is 6.18. The second kappa shape index (κ2) is 10.6. The molecule has 0 unspecified atom stereocenters. The number of pyridine rings is 1. The van der Waals surface area contributed by atoms with Crippen molar-refractivity contribution in [2.75, 3.05) is 26.2 Å². The Bertz CT molecular complexity index is 1710. The second-order valence-corrected chi connectivity index (χ2v) is 12.3. The quantitative estimate of drug-likeness (QED) is 0.252. The molecule has 0 radical (unpaired) electrons. The molecule has 3 heterocycles. The summed E-state index contributed by atoms with van der Waals surface area (Å²) in [6, 6.07) is 29.3. The van der Waals surface area contributed by atoms with Crippen LogP contribution >= 0.6 is 11.6 Å². The summed E-state index contributed by atoms with van der Waals surface area (Å²) in [5.74, 6) is 0. The van der Waals surface area contributed by atoms with E-state index in [1.807, 2.05) is 61.5 Å². The first-order valence-electron chi connectivity index (χ1n) is 13.0. The molecule has 6 nitrogen and oxygen atoms in total. The van der Waals surface area contributed by atoms with Crippen LogP contribution in [0.15, 0.2) is 102 Å². The summed E-state index contributed by atoms with van der Waals surface area (Å²) in [5, 5.41) is 0.682. The fourth-order valence-electron chi connectivity index (χ4n) is 5.08. The molecule has 0 N–H and O–H groups in total. The molecule has 0 saturated carbocycles. The van der Waals surface area contributed by atoms with Gasteiger partial charge in [0.15, 0.2) is 0 Å². The fraction of sp³-hybridized carbons (Fsp3) is 0.194. The molecule has 198 valence electrons. The number of piperazine rings is 1. The Balaban J connectivity index is 1.30. The van der Waals surface area contributed by atoms with E-state index >= 15 is 0 Å². The molecular formula is C31H29ClN4O2S. The van der Waals surface area contributed by atoms with E-state index in [0.29, 0.717) is 42.6 Å². The van der Waals surface area contributed by atoms with E-state index in [1.54, 1.807) is 16.4 Å². The molecule has 0 atom stereocenters. The Kier molecular flexibility index (Phi) is 6.99. The number of aryl methyl sites for hydroxylation is 1. The van der Waals surface area contributed by atoms with E-state index in [-0.39, 0.29) is 0 Å². The zero-order chi connectivity index (χ0) is 27.0. The van der Waals surface area contributed by atoms with Crippen molar-refractivity contribution < 1.29 is 8.42 Å². The van der Waals surface area contributed by atoms with Crippen molar-refractivity contribution in [1.82, 2.24) is 18.6 Å². The Hall–Kier alpha value is -3.49. The van der Waals surface area contributed by atoms with Crippen molar-refractivity contribution in [3.8, 4) is 22.4 Å². The van der Waals surface area contributed by atoms with Crippen LogP contribution in [0.4, 0.5) is 0 Å². The monoisotopic (exact) mass is 556 g/mol. The predicted molar refractivity (Wildman–Crippen MR) is 156 cm³/mol. The topological polar surface area (TPSA) is 57.9 Å². The van der Waals surface area contributed by atoms with Gasteiger partial charge in [-0.15, -0.1) is 0 Å². The van der Waals surface area contributed by atoms with Gasteiger partial charge in [-0.2, -0.15) is 4.31 Å². The lowest BCUT2D eigenvalue weighted by Crippen LogP contribution is -2.48. The molecule has 1 saturated heterocycles. The van der Waals surface area contributed by atoms with Crippen molar-refractivity contribution in [3.63, 3.8) is 0 Å². The molecule has 1 aliphatic heterocycles. The highest BCUT2D eigenvalue weighted by atomic mass is 35.5. The van der Waals surface area contributed by atoms with Crippen LogP contribution < -0.4 is 0 Å². The van der Waals surface area contributed by atoms with Gasteiger partial charge in [-0.05, 0) is 54.4 Å². The molecule has 39 heavy (non-hydrogen) atoms. The van der Waals surface area contributed by atoms with Crippen molar-refractivity contribution in [1.29, 1.82) is 0 Å². The van der Waals surface area contributed by atoms with Crippen molar-refractivity contribution >= 4 is 27.3 Å². The van der Waals surface area contributed by atoms with E-state index < -0.39 is 10.0 Å². The molecule has 0 amide bonds. The first kappa shape index (κ1) is 25.8. The standard InChI is InChI=1S/C31H29ClN4O2S/c1-23-7-14-28(15-8-23)39(37,38)35-19-17-34(18-20-35)22-29-31(25-9-12-27(32)13-10-25)33-30-16-11-26(21-36(29)30)24-5-3-2-4-6-24/h2-16,21H,17-20,22H2,1H3. The van der Waals surface area contributed by atoms with E-state index in [0.717, 1.165) is 39.3 Å². The highest BCUT2D eigenvalue weighted by Gasteiger charge is 2.29. The first-order valence-corrected chi connectivity index (χ1v) is 14.8. The van der Waals surface area contributed by atoms with Crippen LogP contribution in [0.1, 0.15) is 11.3 Å². The highest BCUT2D eigenvalue weighted by molar-refractivity contribution is 7.89. The van der Waals surface area contributed by atoms with Crippen LogP contribution in [0.25, 0.3) is 28.0 Å². The smallest absolute Gasteiger partial charge is 0.243 e. The van der Waals surface area contributed by atoms with Crippen LogP contribution in [-0.2, 0) is 16.6 Å². The number of hydrogen-bond donors (Lipinski definition) is 0. The van der Waals surface area contributed by atoms with Gasteiger partial charge in [-0.25, -0.2) is 13.4 Å². The zero-order valence-electron chi connectivity index (χ0n) is 21.7. The van der Waals surface area contributed by atoms with E-state index in [9.17, 15) is 8.42 Å². The highest BCUT2D eigenvalue weighted by Crippen LogP contribution is 2.30. The Morgan fingerprint density at radius 1 is 0.769 bits per heavy atom. The van der Waals surface area contributed by atoms with Gasteiger partial charge in [0.1, 0.15) is 5.65 Å². The van der Waals surface area contributed by atoms with Crippen molar-refractivity contribution in [3.05, 3.63) is 113 Å². The number of imidazole rings is 1. The fourth-order valence-corrected chi connectivity index (χ4v) is 6.63. The largest absolute Gasteiger partial charge is 0.301 e. The molecule has 0 aliphatic carbocycles. The van der Waals surface area contributed by atoms with Crippen LogP contribution in [0.2, 0.25) is 5.02 Å². The maximum absolute atomic E-state index is 13.2. The summed E-state index contributed by atoms with van der Waals surface area (Å²) in [6.07, 6.45) is 2.14. The minimum Gasteiger partial charge on any atom is -0.301 e. The van der Waals surface area contributed by atoms with Gasteiger partial charge in [0.25, 0.3) is 0 Å². The number of aromatic nitrogens is 2. The van der Waals surface area contributed by atoms with Crippen molar-refractivity contribution in [2.45, 2.75) is 18.4 Å². The van der Waals surface area contributed by atoms with Crippen LogP contribution in [0.3, 0.4) is 0 Å². The van der Waals surface area contributed by atoms with Crippen LogP contribution in [0, 0.1) is 6.92 Å². The maximum Gasteiger partial charge on any atom is 0.243 e. The summed E-state index contributed by atoms with van der Waals surface area (Å²) in [4.78, 5) is 7.65. The third kappa shape index (κ3) is 5.23.